The molecule has 0 saturated heterocycles. The smallest absolute Gasteiger partial charge is 0.335 e. The predicted molar refractivity (Wildman–Crippen MR) is 66.2 cm³/mol. The monoisotopic (exact) mass is 237 g/mol. The number of nitrogens with one attached hydrogen (secondary N) is 1. The highest BCUT2D eigenvalue weighted by Crippen LogP contribution is 2.04. The van der Waals surface area contributed by atoms with Crippen molar-refractivity contribution in [3.05, 3.63) is 35.4 Å². The molecule has 1 aromatic carbocycles. The zero-order valence-electron chi connectivity index (χ0n) is 10.1. The van der Waals surface area contributed by atoms with Crippen molar-refractivity contribution >= 4 is 5.97 Å². The number of hydrogen-bond donors (Lipinski definition) is 2. The molecule has 0 amide bonds. The van der Waals surface area contributed by atoms with Gasteiger partial charge in [0.2, 0.25) is 0 Å². The number of carboxylic acids is 1. The molecule has 94 valence electrons. The van der Waals surface area contributed by atoms with Crippen LogP contribution in [0.25, 0.3) is 0 Å². The van der Waals surface area contributed by atoms with E-state index in [2.05, 4.69) is 5.32 Å². The molecule has 0 fully saturated rings. The lowest BCUT2D eigenvalue weighted by Crippen LogP contribution is -2.15. The number of carboxylic acid groups (broad SMARTS) is 1. The van der Waals surface area contributed by atoms with Crippen molar-refractivity contribution in [2.45, 2.75) is 19.4 Å². The van der Waals surface area contributed by atoms with E-state index in [1.54, 1.807) is 19.2 Å². The standard InChI is InChI=1S/C13H19NO3/c1-17-9-3-2-8-14-10-11-4-6-12(7-5-11)13(15)16/h4-7,14H,2-3,8-10H2,1H3,(H,15,16). The first-order valence-electron chi connectivity index (χ1n) is 5.76. The Morgan fingerprint density at radius 3 is 2.59 bits per heavy atom. The molecule has 1 rings (SSSR count). The van der Waals surface area contributed by atoms with Crippen LogP contribution >= 0.6 is 0 Å². The zero-order valence-corrected chi connectivity index (χ0v) is 10.1. The van der Waals surface area contributed by atoms with Gasteiger partial charge in [-0.15, -0.1) is 0 Å². The number of methoxy groups -OCH3 is 1. The Hall–Kier alpha value is -1.39. The van der Waals surface area contributed by atoms with Gasteiger partial charge in [-0.1, -0.05) is 12.1 Å². The number of ether oxygens (including phenoxy) is 1. The van der Waals surface area contributed by atoms with Gasteiger partial charge in [0.1, 0.15) is 0 Å². The topological polar surface area (TPSA) is 58.6 Å². The molecular formula is C13H19NO3. The highest BCUT2D eigenvalue weighted by molar-refractivity contribution is 5.87. The van der Waals surface area contributed by atoms with Gasteiger partial charge in [0.25, 0.3) is 0 Å². The Morgan fingerprint density at radius 2 is 2.00 bits per heavy atom. The lowest BCUT2D eigenvalue weighted by atomic mass is 10.1. The van der Waals surface area contributed by atoms with E-state index in [9.17, 15) is 4.79 Å². The minimum atomic E-state index is -0.885. The lowest BCUT2D eigenvalue weighted by molar-refractivity contribution is 0.0697. The van der Waals surface area contributed by atoms with Crippen LogP contribution in [0.3, 0.4) is 0 Å². The second-order valence-corrected chi connectivity index (χ2v) is 3.88. The molecule has 0 saturated carbocycles. The number of hydrogen-bond acceptors (Lipinski definition) is 3. The summed E-state index contributed by atoms with van der Waals surface area (Å²) in [5, 5.41) is 12.1. The lowest BCUT2D eigenvalue weighted by Gasteiger charge is -2.05. The molecule has 4 heteroatoms. The molecule has 0 heterocycles. The number of rotatable bonds is 8. The van der Waals surface area contributed by atoms with Crippen molar-refractivity contribution in [1.29, 1.82) is 0 Å². The molecule has 0 spiro atoms. The summed E-state index contributed by atoms with van der Waals surface area (Å²) in [6, 6.07) is 6.94. The van der Waals surface area contributed by atoms with Gasteiger partial charge in [-0.05, 0) is 37.1 Å². The minimum Gasteiger partial charge on any atom is -0.478 e. The molecule has 1 aromatic rings. The second kappa shape index (κ2) is 7.81. The molecule has 4 nitrogen and oxygen atoms in total. The fraction of sp³-hybridized carbons (Fsp3) is 0.462. The third-order valence-corrected chi connectivity index (χ3v) is 2.48. The number of carbonyl (C=O) groups is 1. The molecule has 0 unspecified atom stereocenters. The predicted octanol–water partition coefficient (Wildman–Crippen LogP) is 1.90. The van der Waals surface area contributed by atoms with Crippen LogP contribution in [0, 0.1) is 0 Å². The summed E-state index contributed by atoms with van der Waals surface area (Å²) in [7, 11) is 1.71. The highest BCUT2D eigenvalue weighted by Gasteiger charge is 2.01. The van der Waals surface area contributed by atoms with Crippen LogP contribution in [0.1, 0.15) is 28.8 Å². The van der Waals surface area contributed by atoms with Crippen molar-refractivity contribution in [1.82, 2.24) is 5.32 Å². The van der Waals surface area contributed by atoms with Crippen molar-refractivity contribution in [3.63, 3.8) is 0 Å². The van der Waals surface area contributed by atoms with E-state index in [0.29, 0.717) is 5.56 Å². The summed E-state index contributed by atoms with van der Waals surface area (Å²) in [5.74, 6) is -0.885. The van der Waals surface area contributed by atoms with E-state index in [4.69, 9.17) is 9.84 Å². The van der Waals surface area contributed by atoms with E-state index < -0.39 is 5.97 Å². The molecule has 0 aliphatic rings. The maximum Gasteiger partial charge on any atom is 0.335 e. The fourth-order valence-corrected chi connectivity index (χ4v) is 1.49. The Labute approximate surface area is 102 Å². The fourth-order valence-electron chi connectivity index (χ4n) is 1.49. The number of benzene rings is 1. The molecule has 0 atom stereocenters. The van der Waals surface area contributed by atoms with Gasteiger partial charge in [-0.25, -0.2) is 4.79 Å². The van der Waals surface area contributed by atoms with Crippen LogP contribution in [-0.2, 0) is 11.3 Å². The average molecular weight is 237 g/mol. The van der Waals surface area contributed by atoms with Crippen molar-refractivity contribution in [2.75, 3.05) is 20.3 Å². The molecule has 17 heavy (non-hydrogen) atoms. The van der Waals surface area contributed by atoms with Gasteiger partial charge in [-0.3, -0.25) is 0 Å². The summed E-state index contributed by atoms with van der Waals surface area (Å²) in [4.78, 5) is 10.6. The SMILES string of the molecule is COCCCCNCc1ccc(C(=O)O)cc1. The van der Waals surface area contributed by atoms with Gasteiger partial charge in [0.15, 0.2) is 0 Å². The molecule has 0 radical (unpaired) electrons. The van der Waals surface area contributed by atoms with Crippen LogP contribution in [-0.4, -0.2) is 31.3 Å². The van der Waals surface area contributed by atoms with Crippen LogP contribution in [0.5, 0.6) is 0 Å². The molecule has 0 bridgehead atoms. The first kappa shape index (κ1) is 13.7. The van der Waals surface area contributed by atoms with Crippen LogP contribution < -0.4 is 5.32 Å². The Balaban J connectivity index is 2.21. The maximum atomic E-state index is 10.6. The van der Waals surface area contributed by atoms with E-state index in [1.165, 1.54) is 0 Å². The second-order valence-electron chi connectivity index (χ2n) is 3.88. The van der Waals surface area contributed by atoms with E-state index >= 15 is 0 Å². The highest BCUT2D eigenvalue weighted by atomic mass is 16.5. The van der Waals surface area contributed by atoms with Crippen LogP contribution in [0.2, 0.25) is 0 Å². The Kier molecular flexibility index (Phi) is 6.29. The molecule has 0 aliphatic heterocycles. The maximum absolute atomic E-state index is 10.6. The first-order chi connectivity index (χ1) is 8.24. The summed E-state index contributed by atoms with van der Waals surface area (Å²) in [6.45, 7) is 2.52. The molecule has 0 aliphatic carbocycles. The molecule has 0 aromatic heterocycles. The third kappa shape index (κ3) is 5.47. The third-order valence-electron chi connectivity index (χ3n) is 2.48. The number of aromatic carboxylic acids is 1. The van der Waals surface area contributed by atoms with E-state index in [-0.39, 0.29) is 0 Å². The van der Waals surface area contributed by atoms with Crippen molar-refractivity contribution < 1.29 is 14.6 Å². The quantitative estimate of drug-likeness (QED) is 0.678. The van der Waals surface area contributed by atoms with Crippen LogP contribution in [0.15, 0.2) is 24.3 Å². The van der Waals surface area contributed by atoms with E-state index in [0.717, 1.165) is 38.1 Å². The van der Waals surface area contributed by atoms with Gasteiger partial charge in [0, 0.05) is 20.3 Å². The van der Waals surface area contributed by atoms with Gasteiger partial charge >= 0.3 is 5.97 Å². The van der Waals surface area contributed by atoms with Crippen molar-refractivity contribution in [3.8, 4) is 0 Å². The first-order valence-corrected chi connectivity index (χ1v) is 5.76. The van der Waals surface area contributed by atoms with Gasteiger partial charge < -0.3 is 15.2 Å². The van der Waals surface area contributed by atoms with Crippen molar-refractivity contribution in [2.24, 2.45) is 0 Å². The normalized spacial score (nSPS) is 10.4. The van der Waals surface area contributed by atoms with Gasteiger partial charge in [0.05, 0.1) is 5.56 Å². The average Bonchev–Trinajstić information content (AvgIpc) is 2.34. The summed E-state index contributed by atoms with van der Waals surface area (Å²) in [6.07, 6.45) is 2.14. The zero-order chi connectivity index (χ0) is 12.5. The number of unbranched alkanes of at least 4 members (excludes halogenated alkanes) is 1. The van der Waals surface area contributed by atoms with Crippen LogP contribution in [0.4, 0.5) is 0 Å². The molecule has 2 N–H and O–H groups in total. The Bertz CT molecular complexity index is 335. The molecular weight excluding hydrogens is 218 g/mol. The minimum absolute atomic E-state index is 0.328. The summed E-state index contributed by atoms with van der Waals surface area (Å²) >= 11 is 0. The summed E-state index contributed by atoms with van der Waals surface area (Å²) in [5.41, 5.74) is 1.43. The Morgan fingerprint density at radius 1 is 1.29 bits per heavy atom. The van der Waals surface area contributed by atoms with Gasteiger partial charge in [-0.2, -0.15) is 0 Å². The van der Waals surface area contributed by atoms with E-state index in [1.807, 2.05) is 12.1 Å². The largest absolute Gasteiger partial charge is 0.478 e. The summed E-state index contributed by atoms with van der Waals surface area (Å²) < 4.78 is 4.96.